The quantitative estimate of drug-likeness (QED) is 0.588. The fourth-order valence-electron chi connectivity index (χ4n) is 4.14. The van der Waals surface area contributed by atoms with Gasteiger partial charge in [-0.15, -0.1) is 0 Å². The number of halogens is 2. The third-order valence-electron chi connectivity index (χ3n) is 5.58. The van der Waals surface area contributed by atoms with Crippen LogP contribution >= 0.6 is 0 Å². The Kier molecular flexibility index (Phi) is 5.13. The molecule has 1 amide bonds. The van der Waals surface area contributed by atoms with Gasteiger partial charge in [0.05, 0.1) is 6.61 Å². The van der Waals surface area contributed by atoms with Crippen molar-refractivity contribution >= 4 is 28.4 Å². The van der Waals surface area contributed by atoms with Gasteiger partial charge in [0.15, 0.2) is 0 Å². The number of aromatic nitrogens is 1. The summed E-state index contributed by atoms with van der Waals surface area (Å²) in [6.45, 7) is 0.903. The molecule has 7 heteroatoms. The number of benzene rings is 2. The van der Waals surface area contributed by atoms with E-state index in [2.05, 4.69) is 0 Å². The molecule has 31 heavy (non-hydrogen) atoms. The maximum atomic E-state index is 15.5. The van der Waals surface area contributed by atoms with E-state index in [4.69, 9.17) is 4.74 Å². The summed E-state index contributed by atoms with van der Waals surface area (Å²) in [6.07, 6.45) is 0. The van der Waals surface area contributed by atoms with Crippen LogP contribution in [0.3, 0.4) is 0 Å². The molecule has 0 saturated carbocycles. The van der Waals surface area contributed by atoms with Crippen molar-refractivity contribution in [2.75, 3.05) is 20.2 Å². The van der Waals surface area contributed by atoms with E-state index in [0.717, 1.165) is 5.52 Å². The lowest BCUT2D eigenvalue weighted by atomic mass is 9.89. The first-order valence-corrected chi connectivity index (χ1v) is 9.96. The van der Waals surface area contributed by atoms with Crippen LogP contribution in [0.4, 0.5) is 8.78 Å². The number of hydrogen-bond donors (Lipinski definition) is 0. The molecule has 0 aliphatic carbocycles. The maximum absolute atomic E-state index is 15.5. The molecule has 0 bridgehead atoms. The Hall–Kier alpha value is -3.48. The van der Waals surface area contributed by atoms with Crippen molar-refractivity contribution in [2.24, 2.45) is 7.05 Å². The highest BCUT2D eigenvalue weighted by atomic mass is 19.3. The van der Waals surface area contributed by atoms with Gasteiger partial charge in [-0.3, -0.25) is 4.79 Å². The van der Waals surface area contributed by atoms with Gasteiger partial charge in [-0.05, 0) is 24.1 Å². The van der Waals surface area contributed by atoms with Crippen molar-refractivity contribution in [1.82, 2.24) is 9.47 Å². The van der Waals surface area contributed by atoms with Crippen LogP contribution in [0.5, 0.6) is 0 Å². The normalized spacial score (nSPS) is 14.6. The smallest absolute Gasteiger partial charge is 0.381 e. The van der Waals surface area contributed by atoms with Gasteiger partial charge in [0.1, 0.15) is 5.69 Å². The van der Waals surface area contributed by atoms with Gasteiger partial charge in [-0.2, -0.15) is 8.78 Å². The fraction of sp³-hybridized carbons (Fsp3) is 0.250. The second kappa shape index (κ2) is 7.65. The van der Waals surface area contributed by atoms with Crippen molar-refractivity contribution in [1.29, 1.82) is 0 Å². The molecule has 0 atom stereocenters. The molecule has 1 aromatic heterocycles. The largest absolute Gasteiger partial charge is 0.461 e. The average molecular weight is 424 g/mol. The number of carbonyl (C=O) groups is 2. The molecule has 5 nitrogen and oxygen atoms in total. The molecule has 0 fully saturated rings. The summed E-state index contributed by atoms with van der Waals surface area (Å²) in [6, 6.07) is 15.9. The lowest BCUT2D eigenvalue weighted by Crippen LogP contribution is -2.39. The number of likely N-dealkylation sites (N-methyl/N-ethyl adjacent to an activating group) is 1. The van der Waals surface area contributed by atoms with E-state index in [1.807, 2.05) is 12.1 Å². The monoisotopic (exact) mass is 424 g/mol. The van der Waals surface area contributed by atoms with E-state index in [-0.39, 0.29) is 12.2 Å². The summed E-state index contributed by atoms with van der Waals surface area (Å²) in [7, 11) is 3.20. The van der Waals surface area contributed by atoms with Gasteiger partial charge in [0.2, 0.25) is 0 Å². The number of hydrogen-bond acceptors (Lipinski definition) is 3. The molecule has 0 unspecified atom stereocenters. The molecule has 3 aromatic rings. The zero-order valence-corrected chi connectivity index (χ0v) is 17.5. The van der Waals surface area contributed by atoms with Crippen LogP contribution < -0.4 is 0 Å². The number of para-hydroxylation sites is 1. The molecular formula is C24H22F2N2O3. The van der Waals surface area contributed by atoms with Crippen LogP contribution in [0, 0.1) is 0 Å². The summed E-state index contributed by atoms with van der Waals surface area (Å²) in [5.41, 5.74) is 1.67. The van der Waals surface area contributed by atoms with Gasteiger partial charge in [0.25, 0.3) is 5.91 Å². The van der Waals surface area contributed by atoms with Crippen LogP contribution in [-0.2, 0) is 16.6 Å². The Morgan fingerprint density at radius 1 is 1.06 bits per heavy atom. The minimum atomic E-state index is -3.91. The second-order valence-corrected chi connectivity index (χ2v) is 7.48. The van der Waals surface area contributed by atoms with Crippen LogP contribution in [0.2, 0.25) is 0 Å². The van der Waals surface area contributed by atoms with Crippen LogP contribution in [0.15, 0.2) is 60.2 Å². The molecule has 1 aliphatic rings. The standard InChI is InChI=1S/C24H22F2N2O3/c1-4-31-23(30)24(25,26)17-14-27(2)22(29)21-20(19(17)15-10-6-5-7-11-15)16-12-8-9-13-18(16)28(21)3/h5-13H,4,14H2,1-3H3. The molecule has 0 spiro atoms. The predicted octanol–water partition coefficient (Wildman–Crippen LogP) is 4.26. The summed E-state index contributed by atoms with van der Waals surface area (Å²) in [5.74, 6) is -5.92. The van der Waals surface area contributed by atoms with Crippen LogP contribution in [0.1, 0.15) is 28.5 Å². The highest BCUT2D eigenvalue weighted by Crippen LogP contribution is 2.43. The van der Waals surface area contributed by atoms with E-state index in [0.29, 0.717) is 22.2 Å². The summed E-state index contributed by atoms with van der Waals surface area (Å²) in [4.78, 5) is 26.8. The minimum absolute atomic E-state index is 0.170. The van der Waals surface area contributed by atoms with Crippen molar-refractivity contribution in [3.63, 3.8) is 0 Å². The van der Waals surface area contributed by atoms with Gasteiger partial charge in [0, 0.05) is 42.7 Å². The van der Waals surface area contributed by atoms with Gasteiger partial charge in [-0.25, -0.2) is 4.79 Å². The maximum Gasteiger partial charge on any atom is 0.381 e. The molecular weight excluding hydrogens is 402 g/mol. The number of carbonyl (C=O) groups excluding carboxylic acids is 2. The van der Waals surface area contributed by atoms with Crippen molar-refractivity contribution in [2.45, 2.75) is 12.8 Å². The Labute approximate surface area is 178 Å². The summed E-state index contributed by atoms with van der Waals surface area (Å²) >= 11 is 0. The molecule has 2 heterocycles. The number of ether oxygens (including phenoxy) is 1. The minimum Gasteiger partial charge on any atom is -0.461 e. The van der Waals surface area contributed by atoms with Gasteiger partial charge in [-0.1, -0.05) is 48.5 Å². The first-order valence-electron chi connectivity index (χ1n) is 9.96. The van der Waals surface area contributed by atoms with E-state index < -0.39 is 29.9 Å². The third-order valence-corrected chi connectivity index (χ3v) is 5.58. The summed E-state index contributed by atoms with van der Waals surface area (Å²) < 4.78 is 37.5. The van der Waals surface area contributed by atoms with E-state index >= 15 is 8.78 Å². The first-order chi connectivity index (χ1) is 14.8. The third kappa shape index (κ3) is 3.21. The van der Waals surface area contributed by atoms with Crippen molar-refractivity contribution in [3.8, 4) is 0 Å². The lowest BCUT2D eigenvalue weighted by molar-refractivity contribution is -0.166. The number of amides is 1. The SMILES string of the molecule is CCOC(=O)C(F)(F)C1=C(c2ccccc2)c2c(n(C)c3ccccc23)C(=O)N(C)C1. The van der Waals surface area contributed by atoms with Gasteiger partial charge < -0.3 is 14.2 Å². The molecule has 4 rings (SSSR count). The molecule has 0 radical (unpaired) electrons. The summed E-state index contributed by atoms with van der Waals surface area (Å²) in [5, 5.41) is 0.666. The number of rotatable bonds is 4. The second-order valence-electron chi connectivity index (χ2n) is 7.48. The molecule has 160 valence electrons. The number of alkyl halides is 2. The fourth-order valence-corrected chi connectivity index (χ4v) is 4.14. The molecule has 2 aromatic carbocycles. The Morgan fingerprint density at radius 3 is 2.39 bits per heavy atom. The highest BCUT2D eigenvalue weighted by molar-refractivity contribution is 6.11. The zero-order valence-electron chi connectivity index (χ0n) is 17.5. The van der Waals surface area contributed by atoms with Crippen molar-refractivity contribution < 1.29 is 23.1 Å². The van der Waals surface area contributed by atoms with Crippen LogP contribution in [-0.4, -0.2) is 47.5 Å². The topological polar surface area (TPSA) is 51.5 Å². The average Bonchev–Trinajstić information content (AvgIpc) is 2.99. The highest BCUT2D eigenvalue weighted by Gasteiger charge is 2.49. The Bertz CT molecular complexity index is 1210. The number of nitrogens with zero attached hydrogens (tertiary/aromatic N) is 2. The zero-order chi connectivity index (χ0) is 22.3. The molecule has 0 N–H and O–H groups in total. The van der Waals surface area contributed by atoms with E-state index in [9.17, 15) is 9.59 Å². The van der Waals surface area contributed by atoms with E-state index in [1.165, 1.54) is 18.9 Å². The first kappa shape index (κ1) is 20.8. The Balaban J connectivity index is 2.17. The number of esters is 1. The Morgan fingerprint density at radius 2 is 1.71 bits per heavy atom. The van der Waals surface area contributed by atoms with Crippen LogP contribution in [0.25, 0.3) is 16.5 Å². The lowest BCUT2D eigenvalue weighted by Gasteiger charge is -2.24. The molecule has 1 aliphatic heterocycles. The molecule has 0 saturated heterocycles. The van der Waals surface area contributed by atoms with Crippen molar-refractivity contribution in [3.05, 3.63) is 77.0 Å². The predicted molar refractivity (Wildman–Crippen MR) is 114 cm³/mol. The van der Waals surface area contributed by atoms with E-state index in [1.54, 1.807) is 54.1 Å². The number of aryl methyl sites for hydroxylation is 1. The van der Waals surface area contributed by atoms with Gasteiger partial charge >= 0.3 is 11.9 Å². The number of fused-ring (bicyclic) bond motifs is 3.